The molecule has 0 saturated carbocycles. The van der Waals surface area contributed by atoms with Crippen molar-refractivity contribution < 1.29 is 39.2 Å². The highest BCUT2D eigenvalue weighted by atomic mass is 32.2. The second kappa shape index (κ2) is 8.63. The quantitative estimate of drug-likeness (QED) is 0.345. The third-order valence-corrected chi connectivity index (χ3v) is 7.67. The summed E-state index contributed by atoms with van der Waals surface area (Å²) in [5.41, 5.74) is -1.38. The van der Waals surface area contributed by atoms with Crippen LogP contribution in [0.5, 0.6) is 0 Å². The lowest BCUT2D eigenvalue weighted by Gasteiger charge is -2.23. The summed E-state index contributed by atoms with van der Waals surface area (Å²) in [5.74, 6) is -7.39. The third kappa shape index (κ3) is 4.79. The molecule has 13 heteroatoms. The Morgan fingerprint density at radius 3 is 2.20 bits per heavy atom. The van der Waals surface area contributed by atoms with E-state index in [0.29, 0.717) is 26.4 Å². The van der Waals surface area contributed by atoms with Gasteiger partial charge in [0, 0.05) is 28.5 Å². The molecule has 1 aliphatic rings. The molecule has 0 N–H and O–H groups in total. The van der Waals surface area contributed by atoms with Gasteiger partial charge in [-0.3, -0.25) is 5.01 Å². The number of hydrogen-bond donors (Lipinski definition) is 0. The molecule has 4 rings (SSSR count). The Morgan fingerprint density at radius 1 is 0.971 bits per heavy atom. The van der Waals surface area contributed by atoms with Crippen LogP contribution in [0.1, 0.15) is 17.3 Å². The first kappa shape index (κ1) is 25.2. The van der Waals surface area contributed by atoms with E-state index in [0.717, 1.165) is 29.7 Å². The predicted molar refractivity (Wildman–Crippen MR) is 117 cm³/mol. The summed E-state index contributed by atoms with van der Waals surface area (Å²) in [6, 6.07) is 9.88. The normalized spacial score (nSPS) is 17.1. The fourth-order valence-electron chi connectivity index (χ4n) is 3.53. The molecule has 3 aromatic rings. The Bertz CT molecular complexity index is 1400. The van der Waals surface area contributed by atoms with Gasteiger partial charge in [-0.2, -0.15) is 27.1 Å². The molecule has 0 fully saturated rings. The predicted octanol–water partition coefficient (Wildman–Crippen LogP) is 6.60. The second-order valence-electron chi connectivity index (χ2n) is 7.78. The van der Waals surface area contributed by atoms with E-state index in [1.54, 1.807) is 6.07 Å². The van der Waals surface area contributed by atoms with Crippen molar-refractivity contribution >= 4 is 32.6 Å². The molecule has 0 spiro atoms. The van der Waals surface area contributed by atoms with Crippen molar-refractivity contribution in [1.82, 2.24) is 0 Å². The van der Waals surface area contributed by atoms with E-state index in [4.69, 9.17) is 0 Å². The summed E-state index contributed by atoms with van der Waals surface area (Å²) in [6.07, 6.45) is -5.71. The fraction of sp³-hybridized carbons (Fsp3) is 0.227. The van der Waals surface area contributed by atoms with Crippen LogP contribution in [0.15, 0.2) is 64.6 Å². The molecular weight excluding hydrogens is 521 g/mol. The van der Waals surface area contributed by atoms with Gasteiger partial charge in [0.15, 0.2) is 15.7 Å². The average Bonchev–Trinajstić information content (AvgIpc) is 3.40. The van der Waals surface area contributed by atoms with Crippen LogP contribution in [-0.4, -0.2) is 32.5 Å². The van der Waals surface area contributed by atoms with Gasteiger partial charge in [0.2, 0.25) is 0 Å². The van der Waals surface area contributed by atoms with Crippen LogP contribution in [0.25, 0.3) is 10.4 Å². The van der Waals surface area contributed by atoms with Gasteiger partial charge in [-0.25, -0.2) is 17.2 Å². The Labute approximate surface area is 199 Å². The molecule has 0 radical (unpaired) electrons. The van der Waals surface area contributed by atoms with Crippen LogP contribution in [-0.2, 0) is 9.84 Å². The highest BCUT2D eigenvalue weighted by Gasteiger charge is 2.63. The van der Waals surface area contributed by atoms with Gasteiger partial charge in [-0.05, 0) is 42.0 Å². The van der Waals surface area contributed by atoms with Gasteiger partial charge in [-0.15, -0.1) is 11.3 Å². The van der Waals surface area contributed by atoms with E-state index >= 15 is 0 Å². The molecule has 1 atom stereocenters. The molecule has 0 saturated heterocycles. The number of alkyl halides is 5. The van der Waals surface area contributed by atoms with E-state index in [9.17, 15) is 39.2 Å². The number of nitrogens with zero attached hydrogens (tertiary/aromatic N) is 2. The maximum atomic E-state index is 14.4. The first-order valence-electron chi connectivity index (χ1n) is 9.85. The van der Waals surface area contributed by atoms with Crippen LogP contribution >= 0.6 is 11.3 Å². The minimum atomic E-state index is -5.91. The lowest BCUT2D eigenvalue weighted by atomic mass is 10.0. The zero-order valence-electron chi connectivity index (χ0n) is 17.7. The summed E-state index contributed by atoms with van der Waals surface area (Å²) in [5, 5.41) is 4.12. The molecule has 1 unspecified atom stereocenters. The molecule has 1 aliphatic heterocycles. The van der Waals surface area contributed by atoms with Crippen molar-refractivity contribution in [3.05, 3.63) is 71.1 Å². The summed E-state index contributed by atoms with van der Waals surface area (Å²) in [7, 11) is -3.43. The van der Waals surface area contributed by atoms with Crippen LogP contribution in [0, 0.1) is 11.6 Å². The van der Waals surface area contributed by atoms with Crippen molar-refractivity contribution in [2.45, 2.75) is 29.5 Å². The molecule has 4 nitrogen and oxygen atoms in total. The molecule has 1 aromatic heterocycles. The lowest BCUT2D eigenvalue weighted by Crippen LogP contribution is -2.43. The van der Waals surface area contributed by atoms with Crippen LogP contribution in [0.3, 0.4) is 0 Å². The van der Waals surface area contributed by atoms with Crippen LogP contribution < -0.4 is 5.01 Å². The van der Waals surface area contributed by atoms with Gasteiger partial charge in [-0.1, -0.05) is 12.1 Å². The summed E-state index contributed by atoms with van der Waals surface area (Å²) < 4.78 is 118. The number of halogens is 7. The maximum Gasteiger partial charge on any atom is 0.459 e. The molecule has 35 heavy (non-hydrogen) atoms. The monoisotopic (exact) mass is 536 g/mol. The number of hydrazone groups is 1. The number of anilines is 1. The first-order chi connectivity index (χ1) is 16.2. The molecule has 0 bridgehead atoms. The summed E-state index contributed by atoms with van der Waals surface area (Å²) >= 11 is 1.04. The fourth-order valence-corrected chi connectivity index (χ4v) is 5.26. The highest BCUT2D eigenvalue weighted by Crippen LogP contribution is 2.47. The first-order valence-corrected chi connectivity index (χ1v) is 12.6. The number of thiophene rings is 1. The van der Waals surface area contributed by atoms with Crippen molar-refractivity contribution in [1.29, 1.82) is 0 Å². The van der Waals surface area contributed by atoms with Gasteiger partial charge >= 0.3 is 12.1 Å². The minimum absolute atomic E-state index is 0.0826. The Morgan fingerprint density at radius 2 is 1.63 bits per heavy atom. The largest absolute Gasteiger partial charge is 0.459 e. The van der Waals surface area contributed by atoms with E-state index in [-0.39, 0.29) is 4.90 Å². The van der Waals surface area contributed by atoms with Gasteiger partial charge in [0.05, 0.1) is 16.6 Å². The average molecular weight is 536 g/mol. The molecule has 186 valence electrons. The van der Waals surface area contributed by atoms with E-state index in [1.807, 2.05) is 0 Å². The summed E-state index contributed by atoms with van der Waals surface area (Å²) in [6.45, 7) is 0. The van der Waals surface area contributed by atoms with Crippen LogP contribution in [0.2, 0.25) is 0 Å². The van der Waals surface area contributed by atoms with Crippen molar-refractivity contribution in [3.8, 4) is 10.4 Å². The zero-order chi connectivity index (χ0) is 25.8. The Balaban J connectivity index is 1.73. The highest BCUT2D eigenvalue weighted by molar-refractivity contribution is 7.90. The standard InChI is InChI=1S/C22H15F7N2O2S2/c1-35(32,33)14-5-2-12(3-6-14)18-8-9-19(34-18)17-11-20(21(25,26)22(27,28)29)30-31(17)16-7-4-13(23)10-15(16)24/h2-10,17H,11H2,1H3. The maximum absolute atomic E-state index is 14.4. The third-order valence-electron chi connectivity index (χ3n) is 5.31. The summed E-state index contributed by atoms with van der Waals surface area (Å²) in [4.78, 5) is 0.947. The van der Waals surface area contributed by atoms with Crippen molar-refractivity contribution in [2.75, 3.05) is 11.3 Å². The topological polar surface area (TPSA) is 49.7 Å². The molecule has 0 amide bonds. The van der Waals surface area contributed by atoms with Crippen LogP contribution in [0.4, 0.5) is 36.4 Å². The number of rotatable bonds is 5. The molecule has 2 heterocycles. The van der Waals surface area contributed by atoms with Crippen molar-refractivity contribution in [2.24, 2.45) is 5.10 Å². The lowest BCUT2D eigenvalue weighted by molar-refractivity contribution is -0.249. The Hall–Kier alpha value is -2.93. The van der Waals surface area contributed by atoms with Crippen molar-refractivity contribution in [3.63, 3.8) is 0 Å². The second-order valence-corrected chi connectivity index (χ2v) is 10.9. The molecule has 2 aromatic carbocycles. The smallest absolute Gasteiger partial charge is 0.254 e. The number of benzene rings is 2. The number of sulfone groups is 1. The molecular formula is C22H15F7N2O2S2. The Kier molecular flexibility index (Phi) is 6.20. The van der Waals surface area contributed by atoms with E-state index in [1.165, 1.54) is 30.3 Å². The zero-order valence-corrected chi connectivity index (χ0v) is 19.3. The molecule has 0 aliphatic carbocycles. The van der Waals surface area contributed by atoms with Gasteiger partial charge < -0.3 is 0 Å². The van der Waals surface area contributed by atoms with Gasteiger partial charge in [0.1, 0.15) is 11.5 Å². The number of hydrogen-bond acceptors (Lipinski definition) is 5. The van der Waals surface area contributed by atoms with E-state index in [2.05, 4.69) is 5.10 Å². The SMILES string of the molecule is CS(=O)(=O)c1ccc(-c2ccc(C3CC(C(F)(F)C(F)(F)F)=NN3c3ccc(F)cc3F)s2)cc1. The minimum Gasteiger partial charge on any atom is -0.254 e. The van der Waals surface area contributed by atoms with E-state index < -0.39 is 57.4 Å². The van der Waals surface area contributed by atoms with Gasteiger partial charge in [0.25, 0.3) is 0 Å².